The number of amides is 2. The Hall–Kier alpha value is -1.57. The zero-order valence-electron chi connectivity index (χ0n) is 13.6. The molecule has 0 aliphatic carbocycles. The molecule has 0 bridgehead atoms. The highest BCUT2D eigenvalue weighted by Crippen LogP contribution is 2.23. The number of carbonyl (C=O) groups is 2. The van der Waals surface area contributed by atoms with Gasteiger partial charge >= 0.3 is 12.1 Å². The summed E-state index contributed by atoms with van der Waals surface area (Å²) >= 11 is 3.44. The topological polar surface area (TPSA) is 49.4 Å². The molecule has 1 fully saturated rings. The molecule has 1 aromatic carbocycles. The highest BCUT2D eigenvalue weighted by molar-refractivity contribution is 9.10. The quantitative estimate of drug-likeness (QED) is 0.794. The van der Waals surface area contributed by atoms with Crippen molar-refractivity contribution in [3.05, 3.63) is 34.3 Å². The number of halogens is 4. The molecule has 0 radical (unpaired) electrons. The zero-order chi connectivity index (χ0) is 18.4. The Morgan fingerprint density at radius 3 is 2.44 bits per heavy atom. The molecule has 25 heavy (non-hydrogen) atoms. The van der Waals surface area contributed by atoms with E-state index in [1.54, 1.807) is 0 Å². The van der Waals surface area contributed by atoms with Crippen LogP contribution in [-0.2, 0) is 16.0 Å². The van der Waals surface area contributed by atoms with Gasteiger partial charge in [0.25, 0.3) is 0 Å². The summed E-state index contributed by atoms with van der Waals surface area (Å²) < 4.78 is 38.1. The Labute approximate surface area is 152 Å². The third-order valence-electron chi connectivity index (χ3n) is 4.31. The van der Waals surface area contributed by atoms with Crippen LogP contribution in [0.4, 0.5) is 13.2 Å². The summed E-state index contributed by atoms with van der Waals surface area (Å²) in [7, 11) is 0. The lowest BCUT2D eigenvalue weighted by Crippen LogP contribution is -2.46. The minimum absolute atomic E-state index is 0.0791. The second-order valence-corrected chi connectivity index (χ2v) is 6.98. The molecule has 8 heteroatoms. The van der Waals surface area contributed by atoms with Crippen molar-refractivity contribution >= 4 is 27.7 Å². The van der Waals surface area contributed by atoms with Gasteiger partial charge in [0, 0.05) is 30.5 Å². The summed E-state index contributed by atoms with van der Waals surface area (Å²) in [6, 6.07) is 7.69. The average Bonchev–Trinajstić information content (AvgIpc) is 2.58. The lowest BCUT2D eigenvalue weighted by atomic mass is 9.96. The van der Waals surface area contributed by atoms with Gasteiger partial charge in [0.1, 0.15) is 0 Å². The van der Waals surface area contributed by atoms with Crippen molar-refractivity contribution in [3.8, 4) is 0 Å². The molecule has 4 nitrogen and oxygen atoms in total. The van der Waals surface area contributed by atoms with E-state index in [4.69, 9.17) is 0 Å². The van der Waals surface area contributed by atoms with E-state index in [-0.39, 0.29) is 24.9 Å². The normalized spacial score (nSPS) is 15.9. The van der Waals surface area contributed by atoms with Gasteiger partial charge in [0.05, 0.1) is 0 Å². The van der Waals surface area contributed by atoms with Gasteiger partial charge in [-0.25, -0.2) is 0 Å². The van der Waals surface area contributed by atoms with Gasteiger partial charge in [-0.3, -0.25) is 9.59 Å². The number of alkyl halides is 3. The van der Waals surface area contributed by atoms with Crippen LogP contribution in [0.15, 0.2) is 28.7 Å². The number of likely N-dealkylation sites (tertiary alicyclic amines) is 1. The number of aryl methyl sites for hydroxylation is 1. The van der Waals surface area contributed by atoms with E-state index in [9.17, 15) is 22.8 Å². The first-order chi connectivity index (χ1) is 11.8. The predicted octanol–water partition coefficient (Wildman–Crippen LogP) is 3.30. The van der Waals surface area contributed by atoms with Crippen LogP contribution in [-0.4, -0.2) is 42.5 Å². The maximum Gasteiger partial charge on any atom is 0.471 e. The van der Waals surface area contributed by atoms with E-state index in [0.717, 1.165) is 14.9 Å². The SMILES string of the molecule is O=C(CCc1ccccc1Br)NCC1CCN(C(=O)C(F)(F)F)CC1. The molecule has 1 N–H and O–H groups in total. The molecule has 0 unspecified atom stereocenters. The fourth-order valence-electron chi connectivity index (χ4n) is 2.82. The molecule has 0 spiro atoms. The Morgan fingerprint density at radius 1 is 1.20 bits per heavy atom. The Bertz CT molecular complexity index is 614. The van der Waals surface area contributed by atoms with Crippen molar-refractivity contribution < 1.29 is 22.8 Å². The molecule has 1 heterocycles. The maximum absolute atomic E-state index is 12.4. The first-order valence-corrected chi connectivity index (χ1v) is 8.93. The number of hydrogen-bond acceptors (Lipinski definition) is 2. The summed E-state index contributed by atoms with van der Waals surface area (Å²) in [5.41, 5.74) is 1.05. The van der Waals surface area contributed by atoms with E-state index in [1.165, 1.54) is 0 Å². The van der Waals surface area contributed by atoms with E-state index in [2.05, 4.69) is 21.2 Å². The molecule has 2 rings (SSSR count). The Balaban J connectivity index is 1.68. The summed E-state index contributed by atoms with van der Waals surface area (Å²) in [4.78, 5) is 23.9. The fourth-order valence-corrected chi connectivity index (χ4v) is 3.30. The molecular weight excluding hydrogens is 401 g/mol. The number of nitrogens with zero attached hydrogens (tertiary/aromatic N) is 1. The first kappa shape index (κ1) is 19.8. The van der Waals surface area contributed by atoms with Crippen LogP contribution in [0.2, 0.25) is 0 Å². The fraction of sp³-hybridized carbons (Fsp3) is 0.529. The van der Waals surface area contributed by atoms with Gasteiger partial charge in [-0.05, 0) is 36.8 Å². The second kappa shape index (κ2) is 8.69. The molecule has 1 aliphatic rings. The maximum atomic E-state index is 12.4. The first-order valence-electron chi connectivity index (χ1n) is 8.13. The molecule has 0 saturated carbocycles. The second-order valence-electron chi connectivity index (χ2n) is 6.13. The number of rotatable bonds is 5. The van der Waals surface area contributed by atoms with Gasteiger partial charge in [-0.2, -0.15) is 13.2 Å². The van der Waals surface area contributed by atoms with Crippen molar-refractivity contribution in [2.45, 2.75) is 31.9 Å². The number of hydrogen-bond donors (Lipinski definition) is 1. The van der Waals surface area contributed by atoms with E-state index in [1.807, 2.05) is 24.3 Å². The van der Waals surface area contributed by atoms with Crippen LogP contribution in [0, 0.1) is 5.92 Å². The molecule has 138 valence electrons. The Kier molecular flexibility index (Phi) is 6.87. The van der Waals surface area contributed by atoms with E-state index >= 15 is 0 Å². The number of nitrogens with one attached hydrogen (secondary N) is 1. The number of piperidine rings is 1. The highest BCUT2D eigenvalue weighted by Gasteiger charge is 2.43. The Morgan fingerprint density at radius 2 is 1.84 bits per heavy atom. The van der Waals surface area contributed by atoms with Gasteiger partial charge in [0.15, 0.2) is 0 Å². The van der Waals surface area contributed by atoms with Crippen LogP contribution in [0.5, 0.6) is 0 Å². The summed E-state index contributed by atoms with van der Waals surface area (Å²) in [6.45, 7) is 0.592. The van der Waals surface area contributed by atoms with Crippen LogP contribution >= 0.6 is 15.9 Å². The average molecular weight is 421 g/mol. The monoisotopic (exact) mass is 420 g/mol. The lowest BCUT2D eigenvalue weighted by Gasteiger charge is -2.32. The van der Waals surface area contributed by atoms with Crippen LogP contribution in [0.25, 0.3) is 0 Å². The van der Waals surface area contributed by atoms with Crippen molar-refractivity contribution in [2.75, 3.05) is 19.6 Å². The predicted molar refractivity (Wildman–Crippen MR) is 90.8 cm³/mol. The van der Waals surface area contributed by atoms with Crippen LogP contribution in [0.1, 0.15) is 24.8 Å². The van der Waals surface area contributed by atoms with Crippen molar-refractivity contribution in [2.24, 2.45) is 5.92 Å². The molecule has 1 saturated heterocycles. The van der Waals surface area contributed by atoms with Crippen LogP contribution < -0.4 is 5.32 Å². The smallest absolute Gasteiger partial charge is 0.356 e. The molecule has 1 aromatic rings. The third-order valence-corrected chi connectivity index (χ3v) is 5.09. The minimum atomic E-state index is -4.81. The van der Waals surface area contributed by atoms with Gasteiger partial charge in [0.2, 0.25) is 5.91 Å². The minimum Gasteiger partial charge on any atom is -0.356 e. The molecular formula is C17H20BrF3N2O2. The number of carbonyl (C=O) groups excluding carboxylic acids is 2. The lowest BCUT2D eigenvalue weighted by molar-refractivity contribution is -0.186. The van der Waals surface area contributed by atoms with Crippen molar-refractivity contribution in [1.29, 1.82) is 0 Å². The largest absolute Gasteiger partial charge is 0.471 e. The van der Waals surface area contributed by atoms with Crippen LogP contribution in [0.3, 0.4) is 0 Å². The van der Waals surface area contributed by atoms with Crippen molar-refractivity contribution in [1.82, 2.24) is 10.2 Å². The summed E-state index contributed by atoms with van der Waals surface area (Å²) in [5, 5.41) is 2.84. The number of benzene rings is 1. The third kappa shape index (κ3) is 6.02. The molecule has 2 amide bonds. The summed E-state index contributed by atoms with van der Waals surface area (Å²) in [6.07, 6.45) is -2.91. The standard InChI is InChI=1S/C17H20BrF3N2O2/c18-14-4-2-1-3-13(14)5-6-15(24)22-11-12-7-9-23(10-8-12)16(25)17(19,20)21/h1-4,12H,5-11H2,(H,22,24). The zero-order valence-corrected chi connectivity index (χ0v) is 15.2. The molecule has 0 atom stereocenters. The van der Waals surface area contributed by atoms with E-state index in [0.29, 0.717) is 32.2 Å². The van der Waals surface area contributed by atoms with Gasteiger partial charge < -0.3 is 10.2 Å². The summed E-state index contributed by atoms with van der Waals surface area (Å²) in [5.74, 6) is -1.75. The molecule has 0 aromatic heterocycles. The van der Waals surface area contributed by atoms with Gasteiger partial charge in [-0.1, -0.05) is 34.1 Å². The van der Waals surface area contributed by atoms with Gasteiger partial charge in [-0.15, -0.1) is 0 Å². The highest BCUT2D eigenvalue weighted by atomic mass is 79.9. The van der Waals surface area contributed by atoms with Crippen molar-refractivity contribution in [3.63, 3.8) is 0 Å². The van der Waals surface area contributed by atoms with E-state index < -0.39 is 12.1 Å². The molecule has 1 aliphatic heterocycles.